The summed E-state index contributed by atoms with van der Waals surface area (Å²) in [6, 6.07) is 0. The Hall–Kier alpha value is 0.260. The van der Waals surface area contributed by atoms with E-state index < -0.39 is 8.87 Å². The van der Waals surface area contributed by atoms with Crippen molar-refractivity contribution < 1.29 is 12.9 Å². The van der Waals surface area contributed by atoms with Gasteiger partial charge in [0.2, 0.25) is 0 Å². The first-order valence-electron chi connectivity index (χ1n) is 3.35. The van der Waals surface area contributed by atoms with E-state index in [1.54, 1.807) is 0 Å². The number of hydrogen-bond donors (Lipinski definition) is 0. The summed E-state index contributed by atoms with van der Waals surface area (Å²) in [5, 5.41) is 0. The molecule has 0 radical (unpaired) electrons. The molecule has 0 saturated carbocycles. The molecule has 0 aliphatic carbocycles. The van der Waals surface area contributed by atoms with E-state index in [-0.39, 0.29) is 0 Å². The second-order valence-corrected chi connectivity index (χ2v) is 8.12. The van der Waals surface area contributed by atoms with E-state index in [1.165, 1.54) is 6.26 Å². The zero-order chi connectivity index (χ0) is 9.12. The van der Waals surface area contributed by atoms with E-state index in [2.05, 4.69) is 0 Å². The van der Waals surface area contributed by atoms with Crippen molar-refractivity contribution >= 4 is 19.7 Å². The van der Waals surface area contributed by atoms with Crippen LogP contribution in [0.3, 0.4) is 0 Å². The summed E-state index contributed by atoms with van der Waals surface area (Å²) < 4.78 is 22.2. The standard InChI is InChI=1S/C6H16NO2S2/c1-7(2,3)5-6-10-11(4,8)9/h5-6H2,1-4H3/q+1/i5+2,6+2. The predicted octanol–water partition coefficient (Wildman–Crippen LogP) is 0.385. The Kier molecular flexibility index (Phi) is 3.87. The van der Waals surface area contributed by atoms with Gasteiger partial charge in [-0.15, -0.1) is 0 Å². The van der Waals surface area contributed by atoms with Gasteiger partial charge >= 0.3 is 0 Å². The van der Waals surface area contributed by atoms with Crippen LogP contribution in [-0.4, -0.2) is 52.6 Å². The number of quaternary nitrogens is 1. The Labute approximate surface area is 72.7 Å². The van der Waals surface area contributed by atoms with Crippen molar-refractivity contribution in [2.24, 2.45) is 0 Å². The van der Waals surface area contributed by atoms with Crippen molar-refractivity contribution in [2.75, 3.05) is 39.7 Å². The molecule has 5 heteroatoms. The van der Waals surface area contributed by atoms with Crippen molar-refractivity contribution in [3.8, 4) is 0 Å². The van der Waals surface area contributed by atoms with Crippen LogP contribution >= 0.6 is 10.8 Å². The van der Waals surface area contributed by atoms with E-state index in [0.29, 0.717) is 5.75 Å². The lowest BCUT2D eigenvalue weighted by Crippen LogP contribution is -2.36. The summed E-state index contributed by atoms with van der Waals surface area (Å²) in [6.45, 7) is 0.873. The fourth-order valence-corrected chi connectivity index (χ4v) is 2.52. The Bertz CT molecular complexity index is 203. The van der Waals surface area contributed by atoms with Crippen LogP contribution in [-0.2, 0) is 8.87 Å². The van der Waals surface area contributed by atoms with Gasteiger partial charge in [0.1, 0.15) is 0 Å². The van der Waals surface area contributed by atoms with Crippen LogP contribution in [0.1, 0.15) is 0 Å². The molecule has 0 aliphatic heterocycles. The maximum Gasteiger partial charge on any atom is 0.198 e. The second-order valence-electron chi connectivity index (χ2n) is 3.54. The van der Waals surface area contributed by atoms with Gasteiger partial charge in [0.15, 0.2) is 8.87 Å². The molecule has 0 amide bonds. The fraction of sp³-hybridized carbons (Fsp3) is 1.00. The maximum atomic E-state index is 10.7. The van der Waals surface area contributed by atoms with Crippen LogP contribution in [0.2, 0.25) is 0 Å². The third-order valence-electron chi connectivity index (χ3n) is 1.06. The quantitative estimate of drug-likeness (QED) is 0.488. The molecule has 11 heavy (non-hydrogen) atoms. The smallest absolute Gasteiger partial charge is 0.198 e. The molecule has 0 bridgehead atoms. The zero-order valence-electron chi connectivity index (χ0n) is 7.49. The molecule has 0 aromatic heterocycles. The molecule has 68 valence electrons. The molecule has 0 atom stereocenters. The predicted molar refractivity (Wildman–Crippen MR) is 50.2 cm³/mol. The van der Waals surface area contributed by atoms with Gasteiger partial charge in [-0.2, -0.15) is 0 Å². The molecule has 0 fully saturated rings. The first-order chi connectivity index (χ1) is 4.71. The highest BCUT2D eigenvalue weighted by atomic mass is 33.1. The summed E-state index contributed by atoms with van der Waals surface area (Å²) in [5.74, 6) is 0.669. The van der Waals surface area contributed by atoms with Crippen LogP contribution in [0, 0.1) is 0 Å². The lowest BCUT2D eigenvalue weighted by molar-refractivity contribution is -0.867. The molecule has 0 aromatic rings. The molecular weight excluding hydrogens is 186 g/mol. The Morgan fingerprint density at radius 2 is 1.73 bits per heavy atom. The fourth-order valence-electron chi connectivity index (χ4n) is 0.463. The molecule has 0 aromatic carbocycles. The summed E-state index contributed by atoms with van der Waals surface area (Å²) in [6.07, 6.45) is 1.24. The average Bonchev–Trinajstić information content (AvgIpc) is 1.55. The van der Waals surface area contributed by atoms with Crippen molar-refractivity contribution in [1.82, 2.24) is 0 Å². The highest BCUT2D eigenvalue weighted by molar-refractivity contribution is 8.71. The first-order valence-corrected chi connectivity index (χ1v) is 6.75. The normalized spacial score (nSPS) is 13.5. The number of rotatable bonds is 4. The van der Waals surface area contributed by atoms with Crippen molar-refractivity contribution in [1.29, 1.82) is 0 Å². The Morgan fingerprint density at radius 1 is 1.27 bits per heavy atom. The number of hydrogen-bond acceptors (Lipinski definition) is 3. The van der Waals surface area contributed by atoms with Gasteiger partial charge in [0, 0.05) is 6.26 Å². The van der Waals surface area contributed by atoms with Crippen LogP contribution < -0.4 is 0 Å². The maximum absolute atomic E-state index is 10.7. The summed E-state index contributed by atoms with van der Waals surface area (Å²) >= 11 is 0. The first kappa shape index (κ1) is 11.3. The Balaban J connectivity index is 3.61. The zero-order valence-corrected chi connectivity index (χ0v) is 9.13. The highest BCUT2D eigenvalue weighted by Crippen LogP contribution is 2.09. The van der Waals surface area contributed by atoms with Crippen LogP contribution in [0.5, 0.6) is 0 Å². The lowest BCUT2D eigenvalue weighted by atomic mass is 10.9. The van der Waals surface area contributed by atoms with E-state index in [1.807, 2.05) is 21.1 Å². The molecule has 0 rings (SSSR count). The van der Waals surface area contributed by atoms with Gasteiger partial charge in [-0.25, -0.2) is 8.42 Å². The van der Waals surface area contributed by atoms with Crippen molar-refractivity contribution in [3.05, 3.63) is 0 Å². The van der Waals surface area contributed by atoms with Gasteiger partial charge in [-0.05, 0) is 10.8 Å². The van der Waals surface area contributed by atoms with Crippen LogP contribution in [0.4, 0.5) is 0 Å². The SMILES string of the molecule is C[N+](C)(C)[14CH2][14CH2]SS(C)(=O)=O. The molecule has 0 saturated heterocycles. The molecule has 0 heterocycles. The average molecular weight is 202 g/mol. The molecule has 0 N–H and O–H groups in total. The van der Waals surface area contributed by atoms with Crippen LogP contribution in [0.15, 0.2) is 0 Å². The largest absolute Gasteiger partial charge is 0.330 e. The van der Waals surface area contributed by atoms with Gasteiger partial charge in [-0.3, -0.25) is 0 Å². The molecule has 0 spiro atoms. The van der Waals surface area contributed by atoms with Gasteiger partial charge in [-0.1, -0.05) is 0 Å². The molecule has 0 aliphatic rings. The summed E-state index contributed by atoms with van der Waals surface area (Å²) in [5.41, 5.74) is 0. The third-order valence-corrected chi connectivity index (χ3v) is 3.62. The second kappa shape index (κ2) is 3.78. The summed E-state index contributed by atoms with van der Waals surface area (Å²) in [7, 11) is 4.31. The van der Waals surface area contributed by atoms with E-state index >= 15 is 0 Å². The highest BCUT2D eigenvalue weighted by Gasteiger charge is 2.09. The molecular formula is C6H16NO2S2+. The lowest BCUT2D eigenvalue weighted by Gasteiger charge is -2.22. The van der Waals surface area contributed by atoms with E-state index in [9.17, 15) is 8.42 Å². The molecule has 3 nitrogen and oxygen atoms in total. The minimum Gasteiger partial charge on any atom is -0.330 e. The monoisotopic (exact) mass is 202 g/mol. The van der Waals surface area contributed by atoms with E-state index in [4.69, 9.17) is 0 Å². The van der Waals surface area contributed by atoms with E-state index in [0.717, 1.165) is 21.8 Å². The molecule has 0 unspecified atom stereocenters. The van der Waals surface area contributed by atoms with Gasteiger partial charge < -0.3 is 4.48 Å². The number of nitrogens with zero attached hydrogens (tertiary/aromatic N) is 1. The topological polar surface area (TPSA) is 34.1 Å². The van der Waals surface area contributed by atoms with Gasteiger partial charge in [0.25, 0.3) is 0 Å². The summed E-state index contributed by atoms with van der Waals surface area (Å²) in [4.78, 5) is 0. The van der Waals surface area contributed by atoms with Gasteiger partial charge in [0.05, 0.1) is 33.4 Å². The Morgan fingerprint density at radius 3 is 2.00 bits per heavy atom. The van der Waals surface area contributed by atoms with Crippen molar-refractivity contribution in [2.45, 2.75) is 0 Å². The minimum atomic E-state index is -2.84. The third kappa shape index (κ3) is 10.3. The van der Waals surface area contributed by atoms with Crippen molar-refractivity contribution in [3.63, 3.8) is 0 Å². The minimum absolute atomic E-state index is 0.669. The van der Waals surface area contributed by atoms with Crippen LogP contribution in [0.25, 0.3) is 0 Å².